The molecule has 0 amide bonds. The molecule has 0 spiro atoms. The maximum absolute atomic E-state index is 3.63. The lowest BCUT2D eigenvalue weighted by atomic mass is 10.0. The first-order valence-electron chi connectivity index (χ1n) is 5.47. The molecule has 0 saturated heterocycles. The average molecular weight is 454 g/mol. The lowest BCUT2D eigenvalue weighted by Gasteiger charge is -2.16. The Hall–Kier alpha value is 0.320. The average Bonchev–Trinajstić information content (AvgIpc) is 2.67. The fourth-order valence-corrected chi connectivity index (χ4v) is 5.26. The Morgan fingerprint density at radius 1 is 1.22 bits per heavy atom. The summed E-state index contributed by atoms with van der Waals surface area (Å²) < 4.78 is 3.49. The van der Waals surface area contributed by atoms with Crippen LogP contribution in [0.3, 0.4) is 0 Å². The van der Waals surface area contributed by atoms with Crippen molar-refractivity contribution in [1.29, 1.82) is 0 Å². The third-order valence-corrected chi connectivity index (χ3v) is 5.95. The quantitative estimate of drug-likeness (QED) is 0.641. The van der Waals surface area contributed by atoms with Gasteiger partial charge in [0.25, 0.3) is 0 Å². The molecule has 0 aliphatic rings. The predicted molar refractivity (Wildman–Crippen MR) is 89.4 cm³/mol. The highest BCUT2D eigenvalue weighted by Crippen LogP contribution is 2.37. The molecule has 1 aromatic carbocycles. The van der Waals surface area contributed by atoms with Crippen molar-refractivity contribution in [2.45, 2.75) is 12.5 Å². The SMILES string of the molecule is CNC(Cc1ccccc1Br)c1cc(Br)sc1Br. The molecule has 1 unspecified atom stereocenters. The molecule has 2 aromatic rings. The van der Waals surface area contributed by atoms with E-state index in [1.807, 2.05) is 13.1 Å². The van der Waals surface area contributed by atoms with Gasteiger partial charge in [0.1, 0.15) is 0 Å². The summed E-state index contributed by atoms with van der Waals surface area (Å²) in [5.41, 5.74) is 2.61. The van der Waals surface area contributed by atoms with Crippen molar-refractivity contribution in [1.82, 2.24) is 5.32 Å². The second-order valence-corrected chi connectivity index (χ2v) is 8.52. The van der Waals surface area contributed by atoms with E-state index in [0.717, 1.165) is 14.7 Å². The normalized spacial score (nSPS) is 12.7. The summed E-state index contributed by atoms with van der Waals surface area (Å²) in [6, 6.07) is 10.8. The van der Waals surface area contributed by atoms with Gasteiger partial charge in [0, 0.05) is 10.5 Å². The second kappa shape index (κ2) is 6.66. The highest BCUT2D eigenvalue weighted by Gasteiger charge is 2.17. The van der Waals surface area contributed by atoms with Crippen molar-refractivity contribution in [3.05, 3.63) is 53.5 Å². The molecule has 1 atom stereocenters. The van der Waals surface area contributed by atoms with Crippen LogP contribution < -0.4 is 5.32 Å². The van der Waals surface area contributed by atoms with Crippen LogP contribution in [0, 0.1) is 0 Å². The maximum Gasteiger partial charge on any atom is 0.0758 e. The van der Waals surface area contributed by atoms with Crippen molar-refractivity contribution < 1.29 is 0 Å². The van der Waals surface area contributed by atoms with Crippen LogP contribution in [0.15, 0.2) is 42.4 Å². The molecule has 1 nitrogen and oxygen atoms in total. The van der Waals surface area contributed by atoms with Crippen molar-refractivity contribution in [3.63, 3.8) is 0 Å². The first-order valence-corrected chi connectivity index (χ1v) is 8.66. The van der Waals surface area contributed by atoms with E-state index in [4.69, 9.17) is 0 Å². The molecule has 0 radical (unpaired) electrons. The minimum Gasteiger partial charge on any atom is -0.313 e. The zero-order valence-electron chi connectivity index (χ0n) is 9.71. The summed E-state index contributed by atoms with van der Waals surface area (Å²) in [5, 5.41) is 3.38. The number of rotatable bonds is 4. The van der Waals surface area contributed by atoms with Crippen LogP contribution in [0.1, 0.15) is 17.2 Å². The topological polar surface area (TPSA) is 12.0 Å². The van der Waals surface area contributed by atoms with Crippen LogP contribution >= 0.6 is 59.1 Å². The molecule has 5 heteroatoms. The van der Waals surface area contributed by atoms with Crippen LogP contribution in [0.5, 0.6) is 0 Å². The molecule has 0 fully saturated rings. The van der Waals surface area contributed by atoms with Gasteiger partial charge in [-0.2, -0.15) is 0 Å². The van der Waals surface area contributed by atoms with Crippen molar-refractivity contribution >= 4 is 59.1 Å². The van der Waals surface area contributed by atoms with Crippen molar-refractivity contribution in [2.75, 3.05) is 7.05 Å². The molecule has 18 heavy (non-hydrogen) atoms. The summed E-state index contributed by atoms with van der Waals surface area (Å²) in [6.45, 7) is 0. The monoisotopic (exact) mass is 451 g/mol. The van der Waals surface area contributed by atoms with Gasteiger partial charge in [-0.25, -0.2) is 0 Å². The first kappa shape index (κ1) is 14.7. The zero-order valence-corrected chi connectivity index (χ0v) is 15.3. The summed E-state index contributed by atoms with van der Waals surface area (Å²) in [7, 11) is 2.00. The molecule has 1 N–H and O–H groups in total. The van der Waals surface area contributed by atoms with Gasteiger partial charge in [0.05, 0.1) is 7.57 Å². The minimum atomic E-state index is 0.306. The lowest BCUT2D eigenvalue weighted by molar-refractivity contribution is 0.591. The van der Waals surface area contributed by atoms with Crippen LogP contribution in [-0.4, -0.2) is 7.05 Å². The Bertz CT molecular complexity index is 539. The van der Waals surface area contributed by atoms with Gasteiger partial charge < -0.3 is 5.32 Å². The van der Waals surface area contributed by atoms with Gasteiger partial charge in [-0.1, -0.05) is 34.1 Å². The molecule has 1 aromatic heterocycles. The Morgan fingerprint density at radius 3 is 2.50 bits per heavy atom. The van der Waals surface area contributed by atoms with Gasteiger partial charge in [-0.05, 0) is 68.6 Å². The summed E-state index contributed by atoms with van der Waals surface area (Å²) in [4.78, 5) is 0. The molecular formula is C13H12Br3NS. The van der Waals surface area contributed by atoms with Crippen molar-refractivity contribution in [2.24, 2.45) is 0 Å². The summed E-state index contributed by atoms with van der Waals surface area (Å²) in [6.07, 6.45) is 0.958. The van der Waals surface area contributed by atoms with Gasteiger partial charge in [0.15, 0.2) is 0 Å². The third-order valence-electron chi connectivity index (χ3n) is 2.79. The molecular weight excluding hydrogens is 442 g/mol. The van der Waals surface area contributed by atoms with E-state index in [0.29, 0.717) is 6.04 Å². The number of nitrogens with one attached hydrogen (secondary N) is 1. The van der Waals surface area contributed by atoms with Crippen LogP contribution in [0.25, 0.3) is 0 Å². The van der Waals surface area contributed by atoms with E-state index in [-0.39, 0.29) is 0 Å². The van der Waals surface area contributed by atoms with Gasteiger partial charge in [-0.15, -0.1) is 11.3 Å². The largest absolute Gasteiger partial charge is 0.313 e. The fourth-order valence-electron chi connectivity index (χ4n) is 1.84. The van der Waals surface area contributed by atoms with Crippen LogP contribution in [0.2, 0.25) is 0 Å². The van der Waals surface area contributed by atoms with E-state index in [1.54, 1.807) is 11.3 Å². The van der Waals surface area contributed by atoms with Gasteiger partial charge in [0.2, 0.25) is 0 Å². The van der Waals surface area contributed by atoms with E-state index in [2.05, 4.69) is 77.4 Å². The van der Waals surface area contributed by atoms with Crippen molar-refractivity contribution in [3.8, 4) is 0 Å². The van der Waals surface area contributed by atoms with Crippen LogP contribution in [0.4, 0.5) is 0 Å². The van der Waals surface area contributed by atoms with E-state index >= 15 is 0 Å². The van der Waals surface area contributed by atoms with Gasteiger partial charge in [-0.3, -0.25) is 0 Å². The zero-order chi connectivity index (χ0) is 13.1. The van der Waals surface area contributed by atoms with E-state index in [9.17, 15) is 0 Å². The summed E-state index contributed by atoms with van der Waals surface area (Å²) >= 11 is 12.5. The number of hydrogen-bond donors (Lipinski definition) is 1. The minimum absolute atomic E-state index is 0.306. The van der Waals surface area contributed by atoms with Gasteiger partial charge >= 0.3 is 0 Å². The number of likely N-dealkylation sites (N-methyl/N-ethyl adjacent to an activating group) is 1. The fraction of sp³-hybridized carbons (Fsp3) is 0.231. The Kier molecular flexibility index (Phi) is 5.45. The number of halogens is 3. The Balaban J connectivity index is 2.25. The molecule has 96 valence electrons. The number of thiophene rings is 1. The second-order valence-electron chi connectivity index (χ2n) is 3.92. The standard InChI is InChI=1S/C13H12Br3NS/c1-17-11(9-7-12(15)18-13(9)16)6-8-4-2-3-5-10(8)14/h2-5,7,11,17H,6H2,1H3. The molecule has 0 aliphatic carbocycles. The van der Waals surface area contributed by atoms with E-state index in [1.165, 1.54) is 14.9 Å². The number of hydrogen-bond acceptors (Lipinski definition) is 2. The smallest absolute Gasteiger partial charge is 0.0758 e. The lowest BCUT2D eigenvalue weighted by Crippen LogP contribution is -2.18. The highest BCUT2D eigenvalue weighted by molar-refractivity contribution is 9.12. The third kappa shape index (κ3) is 3.45. The molecule has 0 saturated carbocycles. The first-order chi connectivity index (χ1) is 8.61. The molecule has 2 rings (SSSR count). The molecule has 1 heterocycles. The Labute approximate surface area is 136 Å². The predicted octanol–water partition coefficient (Wildman–Crippen LogP) is 5.54. The number of benzene rings is 1. The molecule has 0 aliphatic heterocycles. The highest BCUT2D eigenvalue weighted by atomic mass is 79.9. The van der Waals surface area contributed by atoms with Crippen LogP contribution in [-0.2, 0) is 6.42 Å². The maximum atomic E-state index is 3.63. The Morgan fingerprint density at radius 2 is 1.94 bits per heavy atom. The molecule has 0 bridgehead atoms. The summed E-state index contributed by atoms with van der Waals surface area (Å²) in [5.74, 6) is 0. The van der Waals surface area contributed by atoms with E-state index < -0.39 is 0 Å².